The molecule has 0 aromatic heterocycles. The Bertz CT molecular complexity index is 139. The van der Waals surface area contributed by atoms with Gasteiger partial charge in [0.15, 0.2) is 0 Å². The lowest BCUT2D eigenvalue weighted by Crippen LogP contribution is -1.63. The van der Waals surface area contributed by atoms with Crippen molar-refractivity contribution in [3.8, 4) is 0 Å². The van der Waals surface area contributed by atoms with Crippen LogP contribution in [-0.4, -0.2) is 12.2 Å². The molecule has 1 aromatic carbocycles. The smallest absolute Gasteiger partial charge is 0.123 e. The normalized spacial score (nSPS) is 7.44. The highest BCUT2D eigenvalue weighted by atomic mass is 19.1. The van der Waals surface area contributed by atoms with Crippen LogP contribution in [0.1, 0.15) is 0 Å². The molecular weight excluding hydrogens is 119 g/mol. The first-order valence-corrected chi connectivity index (χ1v) is 2.55. The summed E-state index contributed by atoms with van der Waals surface area (Å²) in [6, 6.07) is 7.94. The second-order valence-electron chi connectivity index (χ2n) is 1.30. The molecule has 2 heteroatoms. The average Bonchev–Trinajstić information content (AvgIpc) is 1.94. The average molecular weight is 128 g/mol. The minimum Gasteiger partial charge on any atom is -0.400 e. The van der Waals surface area contributed by atoms with Gasteiger partial charge in [-0.05, 0) is 12.1 Å². The van der Waals surface area contributed by atoms with Crippen LogP contribution in [0.15, 0.2) is 30.3 Å². The third-order valence-corrected chi connectivity index (χ3v) is 0.733. The van der Waals surface area contributed by atoms with Gasteiger partial charge >= 0.3 is 0 Å². The number of halogens is 1. The second kappa shape index (κ2) is 5.25. The first-order chi connectivity index (χ1) is 4.39. The van der Waals surface area contributed by atoms with E-state index in [1.54, 1.807) is 18.2 Å². The van der Waals surface area contributed by atoms with Crippen LogP contribution in [-0.2, 0) is 0 Å². The predicted octanol–water partition coefficient (Wildman–Crippen LogP) is 1.43. The third-order valence-electron chi connectivity index (χ3n) is 0.733. The van der Waals surface area contributed by atoms with Crippen LogP contribution in [0.5, 0.6) is 0 Å². The van der Waals surface area contributed by atoms with Crippen molar-refractivity contribution in [1.29, 1.82) is 0 Å². The summed E-state index contributed by atoms with van der Waals surface area (Å²) in [6.07, 6.45) is 0. The lowest BCUT2D eigenvalue weighted by Gasteiger charge is -1.78. The molecule has 0 amide bonds. The van der Waals surface area contributed by atoms with E-state index in [9.17, 15) is 4.39 Å². The lowest BCUT2D eigenvalue weighted by molar-refractivity contribution is 0.399. The highest BCUT2D eigenvalue weighted by Gasteiger charge is 1.77. The first-order valence-electron chi connectivity index (χ1n) is 2.55. The largest absolute Gasteiger partial charge is 0.400 e. The van der Waals surface area contributed by atoms with E-state index in [-0.39, 0.29) is 5.82 Å². The van der Waals surface area contributed by atoms with E-state index in [1.165, 1.54) is 12.1 Å². The Kier molecular flexibility index (Phi) is 4.73. The van der Waals surface area contributed by atoms with Crippen molar-refractivity contribution in [2.75, 3.05) is 7.11 Å². The summed E-state index contributed by atoms with van der Waals surface area (Å²) < 4.78 is 11.9. The van der Waals surface area contributed by atoms with Crippen molar-refractivity contribution in [3.05, 3.63) is 36.1 Å². The van der Waals surface area contributed by atoms with Crippen LogP contribution in [0.4, 0.5) is 4.39 Å². The summed E-state index contributed by atoms with van der Waals surface area (Å²) in [7, 11) is 1.00. The van der Waals surface area contributed by atoms with E-state index in [2.05, 4.69) is 0 Å². The number of rotatable bonds is 0. The number of aliphatic hydroxyl groups excluding tert-OH is 1. The molecule has 0 fully saturated rings. The highest BCUT2D eigenvalue weighted by molar-refractivity contribution is 5.02. The van der Waals surface area contributed by atoms with Crippen LogP contribution >= 0.6 is 0 Å². The Balaban J connectivity index is 0.000000291. The molecule has 1 N–H and O–H groups in total. The molecule has 0 saturated carbocycles. The monoisotopic (exact) mass is 128 g/mol. The molecule has 0 aliphatic carbocycles. The van der Waals surface area contributed by atoms with Gasteiger partial charge in [-0.15, -0.1) is 0 Å². The summed E-state index contributed by atoms with van der Waals surface area (Å²) in [6.45, 7) is 0. The molecule has 9 heavy (non-hydrogen) atoms. The van der Waals surface area contributed by atoms with Gasteiger partial charge < -0.3 is 5.11 Å². The summed E-state index contributed by atoms with van der Waals surface area (Å²) >= 11 is 0. The van der Waals surface area contributed by atoms with Gasteiger partial charge in [-0.1, -0.05) is 18.2 Å². The van der Waals surface area contributed by atoms with Crippen molar-refractivity contribution in [3.63, 3.8) is 0 Å². The van der Waals surface area contributed by atoms with Crippen molar-refractivity contribution in [2.45, 2.75) is 0 Å². The van der Waals surface area contributed by atoms with Crippen molar-refractivity contribution >= 4 is 0 Å². The van der Waals surface area contributed by atoms with Crippen LogP contribution in [0.2, 0.25) is 0 Å². The zero-order valence-corrected chi connectivity index (χ0v) is 5.21. The van der Waals surface area contributed by atoms with Crippen LogP contribution in [0, 0.1) is 5.82 Å². The highest BCUT2D eigenvalue weighted by Crippen LogP contribution is 1.91. The number of aliphatic hydroxyl groups is 1. The van der Waals surface area contributed by atoms with E-state index in [4.69, 9.17) is 5.11 Å². The maximum Gasteiger partial charge on any atom is 0.123 e. The molecule has 0 aliphatic heterocycles. The Hall–Kier alpha value is -0.890. The van der Waals surface area contributed by atoms with Gasteiger partial charge in [0, 0.05) is 7.11 Å². The van der Waals surface area contributed by atoms with Gasteiger partial charge in [0.25, 0.3) is 0 Å². The Labute approximate surface area is 53.8 Å². The van der Waals surface area contributed by atoms with Gasteiger partial charge in [0.2, 0.25) is 0 Å². The van der Waals surface area contributed by atoms with Crippen LogP contribution in [0.25, 0.3) is 0 Å². The topological polar surface area (TPSA) is 20.2 Å². The SMILES string of the molecule is CO.Fc1ccccc1. The van der Waals surface area contributed by atoms with Crippen LogP contribution < -0.4 is 0 Å². The summed E-state index contributed by atoms with van der Waals surface area (Å²) in [5.41, 5.74) is 0. The van der Waals surface area contributed by atoms with E-state index in [0.717, 1.165) is 7.11 Å². The zero-order chi connectivity index (χ0) is 7.11. The Morgan fingerprint density at radius 2 is 1.56 bits per heavy atom. The van der Waals surface area contributed by atoms with E-state index in [1.807, 2.05) is 0 Å². The molecule has 0 bridgehead atoms. The second-order valence-corrected chi connectivity index (χ2v) is 1.30. The van der Waals surface area contributed by atoms with Gasteiger partial charge in [-0.25, -0.2) is 4.39 Å². The van der Waals surface area contributed by atoms with E-state index in [0.29, 0.717) is 0 Å². The molecule has 1 nitrogen and oxygen atoms in total. The summed E-state index contributed by atoms with van der Waals surface area (Å²) in [5, 5.41) is 7.00. The maximum atomic E-state index is 11.9. The molecule has 0 unspecified atom stereocenters. The van der Waals surface area contributed by atoms with Crippen molar-refractivity contribution in [2.24, 2.45) is 0 Å². The fourth-order valence-electron chi connectivity index (χ4n) is 0.415. The molecule has 0 saturated heterocycles. The maximum absolute atomic E-state index is 11.9. The number of hydrogen-bond donors (Lipinski definition) is 1. The predicted molar refractivity (Wildman–Crippen MR) is 34.5 cm³/mol. The number of hydrogen-bond acceptors (Lipinski definition) is 1. The lowest BCUT2D eigenvalue weighted by atomic mass is 10.4. The Morgan fingerprint density at radius 3 is 1.78 bits per heavy atom. The summed E-state index contributed by atoms with van der Waals surface area (Å²) in [4.78, 5) is 0. The zero-order valence-electron chi connectivity index (χ0n) is 5.21. The Morgan fingerprint density at radius 1 is 1.11 bits per heavy atom. The molecule has 50 valence electrons. The molecule has 1 aromatic rings. The standard InChI is InChI=1S/C6H5F.CH4O/c7-6-4-2-1-3-5-6;1-2/h1-5H;2H,1H3. The molecule has 0 heterocycles. The van der Waals surface area contributed by atoms with Gasteiger partial charge in [-0.2, -0.15) is 0 Å². The molecule has 1 rings (SSSR count). The first kappa shape index (κ1) is 8.11. The number of benzene rings is 1. The van der Waals surface area contributed by atoms with Gasteiger partial charge in [-0.3, -0.25) is 0 Å². The molecule has 0 atom stereocenters. The quantitative estimate of drug-likeness (QED) is 0.560. The van der Waals surface area contributed by atoms with Gasteiger partial charge in [0.05, 0.1) is 0 Å². The third kappa shape index (κ3) is 3.67. The molecule has 0 radical (unpaired) electrons. The fourth-order valence-corrected chi connectivity index (χ4v) is 0.415. The van der Waals surface area contributed by atoms with Crippen molar-refractivity contribution in [1.82, 2.24) is 0 Å². The van der Waals surface area contributed by atoms with E-state index < -0.39 is 0 Å². The van der Waals surface area contributed by atoms with Gasteiger partial charge in [0.1, 0.15) is 5.82 Å². The molecule has 0 spiro atoms. The minimum absolute atomic E-state index is 0.178. The van der Waals surface area contributed by atoms with Crippen LogP contribution in [0.3, 0.4) is 0 Å². The fraction of sp³-hybridized carbons (Fsp3) is 0.143. The van der Waals surface area contributed by atoms with E-state index >= 15 is 0 Å². The minimum atomic E-state index is -0.178. The summed E-state index contributed by atoms with van der Waals surface area (Å²) in [5.74, 6) is -0.178. The van der Waals surface area contributed by atoms with Crippen molar-refractivity contribution < 1.29 is 9.50 Å². The molecule has 0 aliphatic rings. The molecular formula is C7H9FO.